The van der Waals surface area contributed by atoms with Gasteiger partial charge in [0.05, 0.1) is 5.60 Å². The molecule has 1 aliphatic rings. The summed E-state index contributed by atoms with van der Waals surface area (Å²) in [6.07, 6.45) is 3.87. The number of hydrogen-bond acceptors (Lipinski definition) is 5. The average Bonchev–Trinajstić information content (AvgIpc) is 2.79. The Kier molecular flexibility index (Phi) is 9.11. The van der Waals surface area contributed by atoms with E-state index in [2.05, 4.69) is 29.2 Å². The van der Waals surface area contributed by atoms with Crippen LogP contribution in [0.15, 0.2) is 48.5 Å². The zero-order chi connectivity index (χ0) is 23.0. The van der Waals surface area contributed by atoms with Crippen molar-refractivity contribution in [3.63, 3.8) is 0 Å². The van der Waals surface area contributed by atoms with Crippen molar-refractivity contribution in [2.45, 2.75) is 37.7 Å². The highest BCUT2D eigenvalue weighted by Crippen LogP contribution is 2.33. The Morgan fingerprint density at radius 2 is 1.72 bits per heavy atom. The molecule has 1 aliphatic heterocycles. The quantitative estimate of drug-likeness (QED) is 0.380. The molecule has 0 saturated carbocycles. The van der Waals surface area contributed by atoms with Gasteiger partial charge in [0.1, 0.15) is 0 Å². The van der Waals surface area contributed by atoms with E-state index >= 15 is 0 Å². The number of ketones is 1. The molecule has 0 aromatic heterocycles. The molecule has 0 bridgehead atoms. The van der Waals surface area contributed by atoms with E-state index in [0.717, 1.165) is 62.4 Å². The zero-order valence-corrected chi connectivity index (χ0v) is 20.1. The summed E-state index contributed by atoms with van der Waals surface area (Å²) in [5.74, 6) is 0.193. The van der Waals surface area contributed by atoms with Gasteiger partial charge in [-0.1, -0.05) is 23.7 Å². The molecule has 0 radical (unpaired) electrons. The first kappa shape index (κ1) is 24.7. The van der Waals surface area contributed by atoms with Crippen molar-refractivity contribution in [3.8, 4) is 0 Å². The van der Waals surface area contributed by atoms with Crippen molar-refractivity contribution in [1.29, 1.82) is 0 Å². The summed E-state index contributed by atoms with van der Waals surface area (Å²) in [5, 5.41) is 15.1. The fourth-order valence-electron chi connectivity index (χ4n) is 4.20. The number of nitrogens with one attached hydrogen (secondary N) is 1. The van der Waals surface area contributed by atoms with Crippen LogP contribution in [-0.4, -0.2) is 67.5 Å². The van der Waals surface area contributed by atoms with Crippen LogP contribution in [0.5, 0.6) is 0 Å². The zero-order valence-electron chi connectivity index (χ0n) is 19.3. The van der Waals surface area contributed by atoms with E-state index in [9.17, 15) is 9.90 Å². The fraction of sp³-hybridized carbons (Fsp3) is 0.500. The second-order valence-corrected chi connectivity index (χ2v) is 9.50. The summed E-state index contributed by atoms with van der Waals surface area (Å²) < 4.78 is 0. The minimum absolute atomic E-state index is 0.193. The molecule has 0 aliphatic carbocycles. The Morgan fingerprint density at radius 1 is 1.06 bits per heavy atom. The Bertz CT molecular complexity index is 844. The van der Waals surface area contributed by atoms with E-state index in [4.69, 9.17) is 11.6 Å². The normalized spacial score (nSPS) is 16.3. The molecular formula is C26H36ClN3O2. The smallest absolute Gasteiger partial charge is 0.162 e. The largest absolute Gasteiger partial charge is 0.385 e. The minimum Gasteiger partial charge on any atom is -0.385 e. The lowest BCUT2D eigenvalue weighted by molar-refractivity contribution is -0.0260. The highest BCUT2D eigenvalue weighted by atomic mass is 35.5. The maximum Gasteiger partial charge on any atom is 0.162 e. The molecule has 32 heavy (non-hydrogen) atoms. The molecule has 1 fully saturated rings. The highest BCUT2D eigenvalue weighted by molar-refractivity contribution is 6.30. The van der Waals surface area contributed by atoms with Crippen molar-refractivity contribution in [1.82, 2.24) is 9.80 Å². The lowest BCUT2D eigenvalue weighted by atomic mass is 9.84. The van der Waals surface area contributed by atoms with Crippen LogP contribution in [0.3, 0.4) is 0 Å². The number of anilines is 1. The molecule has 2 aromatic rings. The van der Waals surface area contributed by atoms with Gasteiger partial charge in [0.2, 0.25) is 0 Å². The molecule has 0 amide bonds. The third-order valence-electron chi connectivity index (χ3n) is 6.26. The van der Waals surface area contributed by atoms with E-state index in [-0.39, 0.29) is 5.78 Å². The number of benzene rings is 2. The Balaban J connectivity index is 1.36. The predicted octanol–water partition coefficient (Wildman–Crippen LogP) is 4.65. The second kappa shape index (κ2) is 11.8. The molecule has 3 rings (SSSR count). The first-order valence-electron chi connectivity index (χ1n) is 11.6. The third kappa shape index (κ3) is 7.31. The number of hydrogen-bond donors (Lipinski definition) is 2. The third-order valence-corrected chi connectivity index (χ3v) is 6.51. The Hall–Kier alpha value is -1.92. The van der Waals surface area contributed by atoms with Crippen LogP contribution in [0.2, 0.25) is 5.02 Å². The maximum absolute atomic E-state index is 12.6. The number of rotatable bonds is 11. The van der Waals surface area contributed by atoms with Gasteiger partial charge in [-0.25, -0.2) is 0 Å². The molecule has 6 heteroatoms. The summed E-state index contributed by atoms with van der Waals surface area (Å²) in [6, 6.07) is 15.3. The molecule has 1 saturated heterocycles. The van der Waals surface area contributed by atoms with Crippen LogP contribution >= 0.6 is 11.6 Å². The lowest BCUT2D eigenvalue weighted by Crippen LogP contribution is -2.42. The lowest BCUT2D eigenvalue weighted by Gasteiger charge is -2.38. The molecule has 2 N–H and O–H groups in total. The van der Waals surface area contributed by atoms with E-state index < -0.39 is 5.60 Å². The van der Waals surface area contributed by atoms with Gasteiger partial charge in [0.25, 0.3) is 0 Å². The van der Waals surface area contributed by atoms with E-state index in [1.54, 1.807) is 0 Å². The van der Waals surface area contributed by atoms with Crippen LogP contribution in [0.4, 0.5) is 5.69 Å². The fourth-order valence-corrected chi connectivity index (χ4v) is 4.33. The van der Waals surface area contributed by atoms with Crippen LogP contribution < -0.4 is 5.32 Å². The standard InChI is InChI=1S/C26H36ClN3O2/c1-29(2)17-4-16-28-24-12-6-21(7-13-24)25(31)5-3-18-30-19-14-26(32,15-20-30)22-8-10-23(27)11-9-22/h6-13,28,32H,3-5,14-20H2,1-2H3. The van der Waals surface area contributed by atoms with Gasteiger partial charge in [-0.2, -0.15) is 0 Å². The van der Waals surface area contributed by atoms with Crippen molar-refractivity contribution in [2.75, 3.05) is 52.1 Å². The van der Waals surface area contributed by atoms with Crippen LogP contribution in [-0.2, 0) is 5.60 Å². The number of carbonyl (C=O) groups excluding carboxylic acids is 1. The van der Waals surface area contributed by atoms with Crippen molar-refractivity contribution in [3.05, 3.63) is 64.7 Å². The van der Waals surface area contributed by atoms with Crippen LogP contribution in [0.1, 0.15) is 48.0 Å². The molecule has 1 heterocycles. The first-order chi connectivity index (χ1) is 15.4. The highest BCUT2D eigenvalue weighted by Gasteiger charge is 2.33. The average molecular weight is 458 g/mol. The molecule has 174 valence electrons. The molecular weight excluding hydrogens is 422 g/mol. The topological polar surface area (TPSA) is 55.8 Å². The van der Waals surface area contributed by atoms with Crippen molar-refractivity contribution < 1.29 is 9.90 Å². The van der Waals surface area contributed by atoms with Gasteiger partial charge in [0.15, 0.2) is 5.78 Å². The van der Waals surface area contributed by atoms with Gasteiger partial charge >= 0.3 is 0 Å². The molecule has 0 unspecified atom stereocenters. The predicted molar refractivity (Wildman–Crippen MR) is 133 cm³/mol. The summed E-state index contributed by atoms with van der Waals surface area (Å²) >= 11 is 5.97. The van der Waals surface area contributed by atoms with Crippen LogP contribution in [0, 0.1) is 0 Å². The summed E-state index contributed by atoms with van der Waals surface area (Å²) in [6.45, 7) is 4.53. The SMILES string of the molecule is CN(C)CCCNc1ccc(C(=O)CCCN2CCC(O)(c3ccc(Cl)cc3)CC2)cc1. The van der Waals surface area contributed by atoms with Gasteiger partial charge in [-0.05, 0) is 94.8 Å². The number of Topliss-reactive ketones (excluding diaryl/α,β-unsaturated/α-hetero) is 1. The van der Waals surface area contributed by atoms with Gasteiger partial charge < -0.3 is 20.2 Å². The van der Waals surface area contributed by atoms with Crippen LogP contribution in [0.25, 0.3) is 0 Å². The number of halogens is 1. The minimum atomic E-state index is -0.779. The van der Waals surface area contributed by atoms with Crippen molar-refractivity contribution >= 4 is 23.1 Å². The number of likely N-dealkylation sites (tertiary alicyclic amines) is 1. The molecule has 0 spiro atoms. The number of aliphatic hydroxyl groups is 1. The molecule has 0 atom stereocenters. The number of nitrogens with zero attached hydrogens (tertiary/aromatic N) is 2. The van der Waals surface area contributed by atoms with Gasteiger partial charge in [-0.15, -0.1) is 0 Å². The van der Waals surface area contributed by atoms with E-state index in [0.29, 0.717) is 24.3 Å². The summed E-state index contributed by atoms with van der Waals surface area (Å²) in [4.78, 5) is 17.1. The number of carbonyl (C=O) groups is 1. The monoisotopic (exact) mass is 457 g/mol. The molecule has 5 nitrogen and oxygen atoms in total. The van der Waals surface area contributed by atoms with E-state index in [1.807, 2.05) is 48.5 Å². The summed E-state index contributed by atoms with van der Waals surface area (Å²) in [7, 11) is 4.15. The van der Waals surface area contributed by atoms with E-state index in [1.165, 1.54) is 0 Å². The maximum atomic E-state index is 12.6. The Labute approximate surface area is 197 Å². The summed E-state index contributed by atoms with van der Waals surface area (Å²) in [5.41, 5.74) is 1.99. The second-order valence-electron chi connectivity index (χ2n) is 9.07. The Morgan fingerprint density at radius 3 is 2.34 bits per heavy atom. The van der Waals surface area contributed by atoms with Crippen molar-refractivity contribution in [2.24, 2.45) is 0 Å². The number of piperidine rings is 1. The van der Waals surface area contributed by atoms with Gasteiger partial charge in [0, 0.05) is 42.3 Å². The molecule has 2 aromatic carbocycles. The first-order valence-corrected chi connectivity index (χ1v) is 12.0. The van der Waals surface area contributed by atoms with Gasteiger partial charge in [-0.3, -0.25) is 4.79 Å².